The van der Waals surface area contributed by atoms with Crippen molar-refractivity contribution in [2.45, 2.75) is 78.4 Å². The molecule has 0 bridgehead atoms. The van der Waals surface area contributed by atoms with E-state index in [1.807, 2.05) is 12.1 Å². The Morgan fingerprint density at radius 1 is 0.563 bits per heavy atom. The van der Waals surface area contributed by atoms with Crippen LogP contribution in [0.5, 0.6) is 0 Å². The van der Waals surface area contributed by atoms with Crippen LogP contribution in [0.25, 0.3) is 34.2 Å². The summed E-state index contributed by atoms with van der Waals surface area (Å²) >= 11 is 16.9. The average molecular weight is 1260 g/mol. The van der Waals surface area contributed by atoms with Crippen molar-refractivity contribution in [1.29, 1.82) is 0 Å². The van der Waals surface area contributed by atoms with Gasteiger partial charge in [-0.25, -0.2) is 32.8 Å². The molecule has 3 amide bonds. The minimum atomic E-state index is -1.23. The number of nitrogens with zero attached hydrogens (tertiary/aromatic N) is 16. The van der Waals surface area contributed by atoms with Gasteiger partial charge in [-0.05, 0) is 116 Å². The van der Waals surface area contributed by atoms with Crippen LogP contribution in [0.1, 0.15) is 43.4 Å². The van der Waals surface area contributed by atoms with Crippen LogP contribution in [0, 0.1) is 35.2 Å². The number of nitrogens with one attached hydrogen (secondary N) is 2. The van der Waals surface area contributed by atoms with Crippen molar-refractivity contribution in [2.24, 2.45) is 17.8 Å². The molecule has 0 radical (unpaired) electrons. The summed E-state index contributed by atoms with van der Waals surface area (Å²) in [6.07, 6.45) is 17.6. The fourth-order valence-corrected chi connectivity index (χ4v) is 10.8. The van der Waals surface area contributed by atoms with Gasteiger partial charge in [0.2, 0.25) is 23.7 Å². The molecule has 3 atom stereocenters. The van der Waals surface area contributed by atoms with E-state index in [0.29, 0.717) is 117 Å². The molecule has 3 aliphatic heterocycles. The molecule has 29 heteroatoms. The first-order chi connectivity index (χ1) is 41.4. The molecular weight excluding hydrogens is 1200 g/mol. The van der Waals surface area contributed by atoms with E-state index in [9.17, 15) is 27.6 Å². The number of carbonyl (C=O) groups excluding carboxylic acids is 3. The zero-order chi connectivity index (χ0) is 60.5. The van der Waals surface area contributed by atoms with Crippen LogP contribution in [0.15, 0.2) is 110 Å². The second kappa shape index (κ2) is 28.4. The van der Waals surface area contributed by atoms with Crippen molar-refractivity contribution in [3.8, 4) is 34.2 Å². The van der Waals surface area contributed by atoms with Gasteiger partial charge in [0.25, 0.3) is 11.9 Å². The van der Waals surface area contributed by atoms with Gasteiger partial charge in [-0.15, -0.1) is 15.3 Å². The molecule has 22 nitrogen and oxygen atoms in total. The number of hydrogen-bond acceptors (Lipinski definition) is 16. The Morgan fingerprint density at radius 2 is 0.943 bits per heavy atom. The summed E-state index contributed by atoms with van der Waals surface area (Å²) in [6.45, 7) is 9.25. The minimum Gasteiger partial charge on any atom is -0.359 e. The van der Waals surface area contributed by atoms with E-state index in [-0.39, 0.29) is 65.1 Å². The average Bonchev–Trinajstić information content (AvgIpc) is 2.64. The number of pyridine rings is 6. The van der Waals surface area contributed by atoms with Crippen LogP contribution in [0.4, 0.5) is 31.0 Å². The summed E-state index contributed by atoms with van der Waals surface area (Å²) in [5.41, 5.74) is 4.40. The third-order valence-corrected chi connectivity index (χ3v) is 16.9. The van der Waals surface area contributed by atoms with E-state index >= 15 is 0 Å². The predicted molar refractivity (Wildman–Crippen MR) is 323 cm³/mol. The molecule has 452 valence electrons. The highest BCUT2D eigenvalue weighted by Crippen LogP contribution is 2.32. The van der Waals surface area contributed by atoms with E-state index in [1.54, 1.807) is 80.8 Å². The monoisotopic (exact) mass is 1260 g/mol. The standard InChI is InChI=1S/C23H28ClFN6O2Si.2C17H14ClFN6O.CH4/c1-34(2,3)11-10-33-15-31-23(28-21(29-31)17-4-7-26-8-5-17)30-9-6-18(22(30)32)12-16-13-19(25)20(24)27-14-16;2*18-14-13(19)8-10(9-21-14)7-12-3-6-25(16(12)26)17-22-15(23-24-17)11-1-4-20-5-2-11;/h4-5,7-8,13-14,18H,6,9-12,15H2,1-3H3;2*1-2,4-5,8-9,12H,3,6-7H2,(H,22,23,24);1H4/t;2*12-;/m.10./s1. The molecule has 2 N–H and O–H groups in total. The molecule has 3 fully saturated rings. The first-order valence-corrected chi connectivity index (χ1v) is 32.2. The maximum absolute atomic E-state index is 13.8. The van der Waals surface area contributed by atoms with Gasteiger partial charge < -0.3 is 4.74 Å². The number of ether oxygens (including phenoxy) is 1. The molecule has 3 saturated heterocycles. The van der Waals surface area contributed by atoms with Crippen molar-refractivity contribution >= 4 is 78.4 Å². The lowest BCUT2D eigenvalue weighted by Crippen LogP contribution is -2.31. The highest BCUT2D eigenvalue weighted by molar-refractivity contribution is 6.76. The highest BCUT2D eigenvalue weighted by Gasteiger charge is 2.38. The second-order valence-corrected chi connectivity index (χ2v) is 28.3. The number of amides is 3. The largest absolute Gasteiger partial charge is 0.359 e. The Morgan fingerprint density at radius 3 is 1.33 bits per heavy atom. The van der Waals surface area contributed by atoms with E-state index < -0.39 is 25.5 Å². The lowest BCUT2D eigenvalue weighted by Gasteiger charge is -2.18. The van der Waals surface area contributed by atoms with Crippen LogP contribution >= 0.6 is 34.8 Å². The van der Waals surface area contributed by atoms with E-state index in [1.165, 1.54) is 36.8 Å². The molecule has 87 heavy (non-hydrogen) atoms. The van der Waals surface area contributed by atoms with E-state index in [4.69, 9.17) is 39.5 Å². The van der Waals surface area contributed by atoms with Gasteiger partial charge in [0.1, 0.15) is 6.73 Å². The van der Waals surface area contributed by atoms with Crippen molar-refractivity contribution in [3.05, 3.63) is 160 Å². The van der Waals surface area contributed by atoms with Crippen LogP contribution in [0.2, 0.25) is 41.1 Å². The number of H-pyrrole nitrogens is 2. The van der Waals surface area contributed by atoms with Crippen molar-refractivity contribution in [1.82, 2.24) is 75.0 Å². The first kappa shape index (κ1) is 63.1. The first-order valence-electron chi connectivity index (χ1n) is 27.4. The van der Waals surface area contributed by atoms with Gasteiger partial charge in [0.05, 0.1) is 0 Å². The normalized spacial score (nSPS) is 16.6. The van der Waals surface area contributed by atoms with Gasteiger partial charge >= 0.3 is 0 Å². The Bertz CT molecular complexity index is 3670. The highest BCUT2D eigenvalue weighted by atomic mass is 35.5. The zero-order valence-corrected chi connectivity index (χ0v) is 49.9. The Kier molecular flexibility index (Phi) is 20.6. The van der Waals surface area contributed by atoms with Crippen molar-refractivity contribution in [2.75, 3.05) is 40.9 Å². The van der Waals surface area contributed by atoms with Gasteiger partial charge in [-0.3, -0.25) is 54.2 Å². The van der Waals surface area contributed by atoms with Gasteiger partial charge in [-0.1, -0.05) is 61.9 Å². The molecule has 12 rings (SSSR count). The quantitative estimate of drug-likeness (QED) is 0.0488. The molecule has 3 aliphatic rings. The maximum atomic E-state index is 13.8. The van der Waals surface area contributed by atoms with Crippen molar-refractivity contribution < 1.29 is 32.3 Å². The molecule has 0 saturated carbocycles. The summed E-state index contributed by atoms with van der Waals surface area (Å²) < 4.78 is 48.4. The molecule has 1 unspecified atom stereocenters. The van der Waals surface area contributed by atoms with Crippen LogP contribution in [0.3, 0.4) is 0 Å². The summed E-state index contributed by atoms with van der Waals surface area (Å²) in [5, 5.41) is 18.1. The molecule has 9 aromatic heterocycles. The maximum Gasteiger partial charge on any atom is 0.251 e. The minimum absolute atomic E-state index is 0. The number of aromatic nitrogens is 15. The summed E-state index contributed by atoms with van der Waals surface area (Å²) in [4.78, 5) is 80.3. The summed E-state index contributed by atoms with van der Waals surface area (Å²) in [5.74, 6) is -0.0405. The lowest BCUT2D eigenvalue weighted by molar-refractivity contribution is -0.121. The van der Waals surface area contributed by atoms with E-state index in [2.05, 4.69) is 90.0 Å². The molecule has 0 spiro atoms. The number of halogens is 6. The SMILES string of the molecule is C.C[Si](C)(C)CCOCn1nc(-c2ccncc2)nc1N1CCC(Cc2cnc(Cl)c(F)c2)C1=O.O=C1[C@@H](Cc2cnc(Cl)c(F)c2)CCN1c1n[nH]c(-c2ccncc2)n1.O=C1[C@H](Cc2cnc(Cl)c(F)c2)CCN1c1n[nH]c(-c2ccncc2)n1. The number of aromatic amines is 2. The Hall–Kier alpha value is -8.43. The predicted octanol–water partition coefficient (Wildman–Crippen LogP) is 10.4. The van der Waals surface area contributed by atoms with Crippen molar-refractivity contribution in [3.63, 3.8) is 0 Å². The third kappa shape index (κ3) is 15.8. The molecule has 9 aromatic rings. The molecule has 0 aromatic carbocycles. The zero-order valence-electron chi connectivity index (χ0n) is 46.7. The second-order valence-electron chi connectivity index (χ2n) is 21.6. The topological polar surface area (TPSA) is 261 Å². The fraction of sp³-hybridized carbons (Fsp3) is 0.328. The van der Waals surface area contributed by atoms with Crippen LogP contribution in [-0.2, 0) is 45.1 Å². The van der Waals surface area contributed by atoms with Gasteiger partial charge in [-0.2, -0.15) is 15.0 Å². The molecule has 0 aliphatic carbocycles. The summed E-state index contributed by atoms with van der Waals surface area (Å²) in [6, 6.07) is 15.9. The Labute approximate surface area is 514 Å². The fourth-order valence-electron chi connectivity index (χ4n) is 9.75. The number of anilines is 3. The Balaban J connectivity index is 0.000000157. The number of rotatable bonds is 17. The smallest absolute Gasteiger partial charge is 0.251 e. The van der Waals surface area contributed by atoms with Gasteiger partial charge in [0, 0.05) is 125 Å². The van der Waals surface area contributed by atoms with E-state index in [0.717, 1.165) is 22.7 Å². The molecular formula is C58H60Cl3F3N18O4Si. The number of carbonyl (C=O) groups is 3. The summed E-state index contributed by atoms with van der Waals surface area (Å²) in [7, 11) is -1.23. The lowest BCUT2D eigenvalue weighted by atomic mass is 9.99. The third-order valence-electron chi connectivity index (χ3n) is 14.3. The molecule has 12 heterocycles. The van der Waals surface area contributed by atoms with Crippen LogP contribution < -0.4 is 14.7 Å². The van der Waals surface area contributed by atoms with Crippen LogP contribution in [-0.4, -0.2) is 127 Å². The van der Waals surface area contributed by atoms with Gasteiger partial charge in [0.15, 0.2) is 50.4 Å². The number of hydrogen-bond donors (Lipinski definition) is 2.